The molecule has 2 aromatic rings. The Kier molecular flexibility index (Phi) is 7.19. The van der Waals surface area contributed by atoms with E-state index in [2.05, 4.69) is 20.7 Å². The van der Waals surface area contributed by atoms with Crippen LogP contribution in [-0.4, -0.2) is 56.8 Å². The fraction of sp³-hybridized carbons (Fsp3) is 0.538. The maximum atomic E-state index is 13.2. The fourth-order valence-electron chi connectivity index (χ4n) is 4.60. The van der Waals surface area contributed by atoms with Crippen LogP contribution in [0, 0.1) is 12.8 Å². The smallest absolute Gasteiger partial charge is 0.185 e. The maximum absolute atomic E-state index is 13.2. The quantitative estimate of drug-likeness (QED) is 0.405. The lowest BCUT2D eigenvalue weighted by molar-refractivity contribution is 0.0988. The van der Waals surface area contributed by atoms with Crippen LogP contribution < -0.4 is 4.90 Å². The second kappa shape index (κ2) is 9.94. The summed E-state index contributed by atoms with van der Waals surface area (Å²) < 4.78 is 14.5. The molecule has 0 amide bonds. The summed E-state index contributed by atoms with van der Waals surface area (Å²) >= 11 is 0. The van der Waals surface area contributed by atoms with E-state index < -0.39 is 9.71 Å². The average molecular weight is 469 g/mol. The topological polar surface area (TPSA) is 66.4 Å². The van der Waals surface area contributed by atoms with Gasteiger partial charge in [0.15, 0.2) is 5.78 Å². The van der Waals surface area contributed by atoms with Crippen molar-refractivity contribution < 1.29 is 9.00 Å². The van der Waals surface area contributed by atoms with Crippen molar-refractivity contribution >= 4 is 27.2 Å². The zero-order valence-electron chi connectivity index (χ0n) is 20.1. The first-order chi connectivity index (χ1) is 15.8. The minimum atomic E-state index is -2.51. The minimum Gasteiger partial charge on any atom is -0.353 e. The first kappa shape index (κ1) is 23.9. The molecule has 2 aliphatic carbocycles. The first-order valence-corrected chi connectivity index (χ1v) is 13.7. The lowest BCUT2D eigenvalue weighted by atomic mass is 9.94. The van der Waals surface area contributed by atoms with E-state index >= 15 is 0 Å². The van der Waals surface area contributed by atoms with Gasteiger partial charge in [0.05, 0.1) is 9.71 Å². The number of carbonyl (C=O) groups excluding carboxylic acids is 1. The maximum Gasteiger partial charge on any atom is 0.185 e. The number of carbonyl (C=O) groups is 1. The molecule has 0 radical (unpaired) electrons. The molecule has 1 atom stereocenters. The summed E-state index contributed by atoms with van der Waals surface area (Å²) in [6, 6.07) is 7.99. The molecule has 6 nitrogen and oxygen atoms in total. The van der Waals surface area contributed by atoms with Crippen LogP contribution >= 0.6 is 0 Å². The predicted molar refractivity (Wildman–Crippen MR) is 135 cm³/mol. The Bertz CT molecular complexity index is 1100. The zero-order valence-corrected chi connectivity index (χ0v) is 20.9. The van der Waals surface area contributed by atoms with Gasteiger partial charge in [-0.15, -0.1) is 0 Å². The molecule has 33 heavy (non-hydrogen) atoms. The normalized spacial score (nSPS) is 18.8. The summed E-state index contributed by atoms with van der Waals surface area (Å²) in [6.45, 7) is 2.98. The van der Waals surface area contributed by atoms with Crippen LogP contribution in [0.1, 0.15) is 66.6 Å². The van der Waals surface area contributed by atoms with Crippen LogP contribution in [0.15, 0.2) is 35.5 Å². The summed E-state index contributed by atoms with van der Waals surface area (Å²) in [5.74, 6) is 5.50. The highest BCUT2D eigenvalue weighted by Gasteiger charge is 2.30. The van der Waals surface area contributed by atoms with Gasteiger partial charge in [0.2, 0.25) is 0 Å². The molecule has 7 heteroatoms. The van der Waals surface area contributed by atoms with Crippen molar-refractivity contribution in [2.75, 3.05) is 25.5 Å². The molecule has 1 aromatic carbocycles. The Labute approximate surface area is 198 Å². The van der Waals surface area contributed by atoms with Gasteiger partial charge in [-0.2, -0.15) is 0 Å². The van der Waals surface area contributed by atoms with Gasteiger partial charge < -0.3 is 4.90 Å². The molecule has 1 unspecified atom stereocenters. The van der Waals surface area contributed by atoms with Crippen LogP contribution in [0.3, 0.4) is 0 Å². The lowest BCUT2D eigenvalue weighted by Gasteiger charge is -2.35. The van der Waals surface area contributed by atoms with Crippen LogP contribution in [0.25, 0.3) is 0 Å². The third-order valence-electron chi connectivity index (χ3n) is 7.02. The van der Waals surface area contributed by atoms with Gasteiger partial charge in [-0.05, 0) is 81.8 Å². The van der Waals surface area contributed by atoms with E-state index in [1.54, 1.807) is 18.4 Å². The molecule has 2 saturated carbocycles. The molecule has 1 aromatic heterocycles. The number of benzene rings is 1. The van der Waals surface area contributed by atoms with E-state index in [1.165, 1.54) is 51.3 Å². The third kappa shape index (κ3) is 5.64. The zero-order chi connectivity index (χ0) is 23.6. The lowest BCUT2D eigenvalue weighted by Crippen LogP contribution is -2.39. The van der Waals surface area contributed by atoms with Crippen molar-refractivity contribution in [3.8, 4) is 0 Å². The van der Waals surface area contributed by atoms with Gasteiger partial charge >= 0.3 is 0 Å². The van der Waals surface area contributed by atoms with Crippen LogP contribution in [0.5, 0.6) is 0 Å². The number of rotatable bonds is 9. The molecule has 0 N–H and O–H groups in total. The number of nitrogens with zero attached hydrogens (tertiary/aromatic N) is 4. The molecule has 4 rings (SSSR count). The van der Waals surface area contributed by atoms with Crippen molar-refractivity contribution in [1.82, 2.24) is 14.3 Å². The highest BCUT2D eigenvalue weighted by atomic mass is 32.2. The van der Waals surface area contributed by atoms with Crippen molar-refractivity contribution in [2.45, 2.75) is 69.2 Å². The van der Waals surface area contributed by atoms with E-state index in [0.717, 1.165) is 29.4 Å². The molecule has 0 saturated heterocycles. The average Bonchev–Trinajstić information content (AvgIpc) is 3.63. The van der Waals surface area contributed by atoms with Crippen molar-refractivity contribution in [3.63, 3.8) is 0 Å². The summed E-state index contributed by atoms with van der Waals surface area (Å²) in [5.41, 5.74) is 2.32. The minimum absolute atomic E-state index is 0.0208. The summed E-state index contributed by atoms with van der Waals surface area (Å²) in [4.78, 5) is 25.2. The van der Waals surface area contributed by atoms with E-state index in [0.29, 0.717) is 16.6 Å². The highest BCUT2D eigenvalue weighted by Crippen LogP contribution is 2.34. The number of aromatic nitrogens is 2. The SMILES string of the molecule is C=S(=O)(c1ccc(CC(=O)c2cc(N(CC3CC3)C3CCCCC3)ncn2)c(C)c1)N(C)C. The highest BCUT2D eigenvalue weighted by molar-refractivity contribution is 7.98. The van der Waals surface area contributed by atoms with E-state index in [1.807, 2.05) is 31.2 Å². The molecule has 0 aliphatic heterocycles. The number of aryl methyl sites for hydroxylation is 1. The fourth-order valence-corrected chi connectivity index (χ4v) is 5.66. The van der Waals surface area contributed by atoms with Crippen LogP contribution in [-0.2, 0) is 16.1 Å². The predicted octanol–water partition coefficient (Wildman–Crippen LogP) is 4.31. The van der Waals surface area contributed by atoms with Crippen LogP contribution in [0.2, 0.25) is 0 Å². The second-order valence-corrected chi connectivity index (χ2v) is 12.3. The number of hydrogen-bond donors (Lipinski definition) is 0. The Balaban J connectivity index is 1.52. The summed E-state index contributed by atoms with van der Waals surface area (Å²) in [6.07, 6.45) is 10.6. The van der Waals surface area contributed by atoms with Gasteiger partial charge in [-0.1, -0.05) is 25.3 Å². The molecule has 1 heterocycles. The number of hydrogen-bond acceptors (Lipinski definition) is 5. The van der Waals surface area contributed by atoms with Crippen molar-refractivity contribution in [1.29, 1.82) is 0 Å². The van der Waals surface area contributed by atoms with Crippen LogP contribution in [0.4, 0.5) is 5.82 Å². The summed E-state index contributed by atoms with van der Waals surface area (Å²) in [7, 11) is 1.01. The van der Waals surface area contributed by atoms with E-state index in [4.69, 9.17) is 0 Å². The van der Waals surface area contributed by atoms with Gasteiger partial charge in [0, 0.05) is 30.0 Å². The molecule has 2 aliphatic rings. The van der Waals surface area contributed by atoms with Crippen molar-refractivity contribution in [2.24, 2.45) is 5.92 Å². The Morgan fingerprint density at radius 1 is 1.09 bits per heavy atom. The number of anilines is 1. The Morgan fingerprint density at radius 3 is 2.45 bits per heavy atom. The van der Waals surface area contributed by atoms with Gasteiger partial charge in [0.1, 0.15) is 17.8 Å². The standard InChI is InChI=1S/C26H36N4O2S/c1-19-14-23(33(4,32)29(2)3)13-12-21(19)15-25(31)24-16-26(28-18-27-24)30(17-20-10-11-20)22-8-6-5-7-9-22/h12-14,16,18,20,22H,4-11,15,17H2,1-3H3. The monoisotopic (exact) mass is 468 g/mol. The molecular weight excluding hydrogens is 432 g/mol. The third-order valence-corrected chi connectivity index (χ3v) is 9.19. The Morgan fingerprint density at radius 2 is 1.82 bits per heavy atom. The Hall–Kier alpha value is -2.25. The van der Waals surface area contributed by atoms with Crippen molar-refractivity contribution in [3.05, 3.63) is 47.4 Å². The van der Waals surface area contributed by atoms with Gasteiger partial charge in [-0.3, -0.25) is 4.79 Å². The number of ketones is 1. The molecule has 0 spiro atoms. The van der Waals surface area contributed by atoms with Gasteiger partial charge in [0.25, 0.3) is 0 Å². The van der Waals surface area contributed by atoms with E-state index in [9.17, 15) is 9.00 Å². The molecule has 0 bridgehead atoms. The first-order valence-electron chi connectivity index (χ1n) is 12.0. The second-order valence-electron chi connectivity index (χ2n) is 9.79. The molecule has 2 fully saturated rings. The number of Topliss-reactive ketones (excluding diaryl/α,β-unsaturated/α-hetero) is 1. The molecule has 178 valence electrons. The van der Waals surface area contributed by atoms with E-state index in [-0.39, 0.29) is 12.2 Å². The van der Waals surface area contributed by atoms with Gasteiger partial charge in [-0.25, -0.2) is 18.5 Å². The molecular formula is C26H36N4O2S. The largest absolute Gasteiger partial charge is 0.353 e. The summed E-state index contributed by atoms with van der Waals surface area (Å²) in [5, 5.41) is 0.